The van der Waals surface area contributed by atoms with Crippen LogP contribution in [-0.2, 0) is 6.42 Å². The van der Waals surface area contributed by atoms with E-state index in [0.717, 1.165) is 23.1 Å². The topological polar surface area (TPSA) is 0 Å². The molecule has 0 heteroatoms. The van der Waals surface area contributed by atoms with Gasteiger partial charge < -0.3 is 0 Å². The number of hydrogen-bond acceptors (Lipinski definition) is 0. The van der Waals surface area contributed by atoms with E-state index in [2.05, 4.69) is 202 Å². The zero-order valence-electron chi connectivity index (χ0n) is 39.0. The summed E-state index contributed by atoms with van der Waals surface area (Å²) in [5.74, 6) is 1.12. The second kappa shape index (κ2) is 20.6. The molecule has 4 unspecified atom stereocenters. The molecular formula is C62H72. The summed E-state index contributed by atoms with van der Waals surface area (Å²) in [6.45, 7) is 33.4. The Morgan fingerprint density at radius 2 is 1.27 bits per heavy atom. The number of allylic oxidation sites excluding steroid dienone is 5. The third-order valence-electron chi connectivity index (χ3n) is 13.8. The van der Waals surface area contributed by atoms with E-state index in [1.807, 2.05) is 24.3 Å². The minimum atomic E-state index is -0.0312. The first-order valence-electron chi connectivity index (χ1n) is 23.3. The molecule has 1 aliphatic rings. The van der Waals surface area contributed by atoms with Gasteiger partial charge in [0, 0.05) is 11.8 Å². The Morgan fingerprint density at radius 3 is 1.85 bits per heavy atom. The van der Waals surface area contributed by atoms with Crippen molar-refractivity contribution in [1.82, 2.24) is 0 Å². The predicted octanol–water partition coefficient (Wildman–Crippen LogP) is 18.0. The SMILES string of the molecule is C=C/C=C(\C=C)C(c1ccc(-c2ccc(C(c3ccc(C(CC(C)(C)CCC)C(C)(C)CCCC)cc3)c3cccc4c3C=CC(C)C4)cc2)cc1)c1cccc(C=C)c1C=C. The fraction of sp³-hybridized carbons (Fsp3) is 0.323. The van der Waals surface area contributed by atoms with Crippen molar-refractivity contribution in [2.75, 3.05) is 0 Å². The molecule has 0 N–H and O–H groups in total. The monoisotopic (exact) mass is 817 g/mol. The van der Waals surface area contributed by atoms with Crippen molar-refractivity contribution in [3.63, 3.8) is 0 Å². The highest BCUT2D eigenvalue weighted by Crippen LogP contribution is 2.48. The molecule has 0 fully saturated rings. The number of unbranched alkanes of at least 4 members (excludes halogenated alkanes) is 1. The second-order valence-corrected chi connectivity index (χ2v) is 19.4. The molecule has 0 aromatic heterocycles. The van der Waals surface area contributed by atoms with Gasteiger partial charge in [0.05, 0.1) is 0 Å². The lowest BCUT2D eigenvalue weighted by atomic mass is 9.65. The highest BCUT2D eigenvalue weighted by molar-refractivity contribution is 5.71. The lowest BCUT2D eigenvalue weighted by Crippen LogP contribution is -2.28. The van der Waals surface area contributed by atoms with Crippen molar-refractivity contribution in [2.24, 2.45) is 16.7 Å². The molecule has 0 radical (unpaired) electrons. The molecule has 5 aromatic rings. The maximum atomic E-state index is 4.19. The standard InChI is InChI=1S/C62H72/c1-12-18-41-62(10,11)58(43-61(8,9)40-14-3)49-31-37-52(38-32-49)60(57-25-20-23-53-42-44(7)26-39-55(53)57)51-35-29-48(30-36-51)47-27-33-50(34-28-47)59(46(16-5)21-13-2)56-24-19-22-45(15-4)54(56)17-6/h13,15-17,19-39,44,58-60H,2,4-6,12,14,18,40-43H2,1,3,7-11H3/b46-21+. The van der Waals surface area contributed by atoms with Crippen LogP contribution >= 0.6 is 0 Å². The van der Waals surface area contributed by atoms with Crippen LogP contribution in [0.5, 0.6) is 0 Å². The molecule has 0 aliphatic heterocycles. The molecular weight excluding hydrogens is 745 g/mol. The van der Waals surface area contributed by atoms with E-state index in [1.54, 1.807) is 0 Å². The molecule has 0 nitrogen and oxygen atoms in total. The summed E-state index contributed by atoms with van der Waals surface area (Å²) in [5, 5.41) is 0. The summed E-state index contributed by atoms with van der Waals surface area (Å²) in [6.07, 6.45) is 23.0. The maximum Gasteiger partial charge on any atom is 0.0346 e. The van der Waals surface area contributed by atoms with Crippen LogP contribution in [0.3, 0.4) is 0 Å². The first kappa shape index (κ1) is 46.1. The lowest BCUT2D eigenvalue weighted by molar-refractivity contribution is 0.174. The fourth-order valence-corrected chi connectivity index (χ4v) is 10.4. The van der Waals surface area contributed by atoms with Gasteiger partial charge in [-0.3, -0.25) is 0 Å². The number of fused-ring (bicyclic) bond motifs is 1. The van der Waals surface area contributed by atoms with Crippen LogP contribution in [0.4, 0.5) is 0 Å². The average Bonchev–Trinajstić information content (AvgIpc) is 3.28. The van der Waals surface area contributed by atoms with Crippen LogP contribution in [0.25, 0.3) is 29.4 Å². The number of benzene rings is 5. The Kier molecular flexibility index (Phi) is 15.3. The molecule has 0 amide bonds. The zero-order chi connectivity index (χ0) is 44.4. The summed E-state index contributed by atoms with van der Waals surface area (Å²) in [5.41, 5.74) is 16.9. The fourth-order valence-electron chi connectivity index (χ4n) is 10.4. The highest BCUT2D eigenvalue weighted by atomic mass is 14.4. The molecule has 5 aromatic carbocycles. The molecule has 0 spiro atoms. The van der Waals surface area contributed by atoms with E-state index in [4.69, 9.17) is 0 Å². The van der Waals surface area contributed by atoms with Crippen LogP contribution in [0.15, 0.2) is 165 Å². The summed E-state index contributed by atoms with van der Waals surface area (Å²) >= 11 is 0. The van der Waals surface area contributed by atoms with Gasteiger partial charge in [0.25, 0.3) is 0 Å². The maximum absolute atomic E-state index is 4.19. The average molecular weight is 817 g/mol. The van der Waals surface area contributed by atoms with E-state index in [-0.39, 0.29) is 17.3 Å². The summed E-state index contributed by atoms with van der Waals surface area (Å²) in [6, 6.07) is 41.6. The van der Waals surface area contributed by atoms with Crippen molar-refractivity contribution < 1.29 is 0 Å². The zero-order valence-corrected chi connectivity index (χ0v) is 39.0. The van der Waals surface area contributed by atoms with E-state index >= 15 is 0 Å². The summed E-state index contributed by atoms with van der Waals surface area (Å²) in [4.78, 5) is 0. The molecule has 62 heavy (non-hydrogen) atoms. The van der Waals surface area contributed by atoms with Gasteiger partial charge in [-0.15, -0.1) is 0 Å². The first-order chi connectivity index (χ1) is 29.9. The van der Waals surface area contributed by atoms with Gasteiger partial charge in [-0.1, -0.05) is 246 Å². The van der Waals surface area contributed by atoms with E-state index < -0.39 is 0 Å². The Bertz CT molecular complexity index is 2370. The largest absolute Gasteiger partial charge is 0.0991 e. The molecule has 1 aliphatic carbocycles. The van der Waals surface area contributed by atoms with Gasteiger partial charge in [0.15, 0.2) is 0 Å². The van der Waals surface area contributed by atoms with Crippen molar-refractivity contribution >= 4 is 18.2 Å². The van der Waals surface area contributed by atoms with Crippen LogP contribution in [0.1, 0.15) is 160 Å². The molecule has 0 bridgehead atoms. The summed E-state index contributed by atoms with van der Waals surface area (Å²) < 4.78 is 0. The van der Waals surface area contributed by atoms with Crippen molar-refractivity contribution in [1.29, 1.82) is 0 Å². The first-order valence-corrected chi connectivity index (χ1v) is 23.3. The quantitative estimate of drug-likeness (QED) is 0.0542. The predicted molar refractivity (Wildman–Crippen MR) is 274 cm³/mol. The lowest BCUT2D eigenvalue weighted by Gasteiger charge is -2.40. The van der Waals surface area contributed by atoms with Gasteiger partial charge in [-0.2, -0.15) is 0 Å². The Morgan fingerprint density at radius 1 is 0.677 bits per heavy atom. The molecule has 0 saturated heterocycles. The van der Waals surface area contributed by atoms with Gasteiger partial charge >= 0.3 is 0 Å². The molecule has 6 rings (SSSR count). The van der Waals surface area contributed by atoms with Gasteiger partial charge in [0.2, 0.25) is 0 Å². The van der Waals surface area contributed by atoms with Crippen molar-refractivity contribution in [2.45, 2.75) is 111 Å². The summed E-state index contributed by atoms with van der Waals surface area (Å²) in [7, 11) is 0. The second-order valence-electron chi connectivity index (χ2n) is 19.4. The third kappa shape index (κ3) is 10.4. The van der Waals surface area contributed by atoms with E-state index in [0.29, 0.717) is 17.3 Å². The van der Waals surface area contributed by atoms with Gasteiger partial charge in [-0.05, 0) is 121 Å². The molecule has 4 atom stereocenters. The number of rotatable bonds is 20. The van der Waals surface area contributed by atoms with Crippen LogP contribution in [0.2, 0.25) is 0 Å². The van der Waals surface area contributed by atoms with Crippen molar-refractivity contribution in [3.05, 3.63) is 221 Å². The third-order valence-corrected chi connectivity index (χ3v) is 13.8. The Labute approximate surface area is 376 Å². The smallest absolute Gasteiger partial charge is 0.0346 e. The van der Waals surface area contributed by atoms with Crippen LogP contribution in [-0.4, -0.2) is 0 Å². The van der Waals surface area contributed by atoms with Gasteiger partial charge in [-0.25, -0.2) is 0 Å². The Balaban J connectivity index is 1.39. The molecule has 320 valence electrons. The van der Waals surface area contributed by atoms with E-state index in [1.165, 1.54) is 94.2 Å². The minimum absolute atomic E-state index is 0.0312. The highest BCUT2D eigenvalue weighted by Gasteiger charge is 2.35. The van der Waals surface area contributed by atoms with Gasteiger partial charge in [0.1, 0.15) is 0 Å². The van der Waals surface area contributed by atoms with Crippen LogP contribution < -0.4 is 0 Å². The van der Waals surface area contributed by atoms with Crippen molar-refractivity contribution in [3.8, 4) is 11.1 Å². The normalized spacial score (nSPS) is 15.6. The molecule has 0 heterocycles. The van der Waals surface area contributed by atoms with Crippen LogP contribution in [0, 0.1) is 16.7 Å². The van der Waals surface area contributed by atoms with E-state index in [9.17, 15) is 0 Å². The minimum Gasteiger partial charge on any atom is -0.0991 e. The Hall–Kier alpha value is -5.46. The molecule has 0 saturated carbocycles. The number of hydrogen-bond donors (Lipinski definition) is 0.